The second kappa shape index (κ2) is 9.18. The SMILES string of the molecule is COc1ccc(-c2[nH]c3ccc(C4CCN(C(=O)OC(C)(C)C)CC4)cc3c2Cl)cc1OC. The summed E-state index contributed by atoms with van der Waals surface area (Å²) in [5.41, 5.74) is 3.53. The molecule has 4 rings (SSSR count). The van der Waals surface area contributed by atoms with Crippen molar-refractivity contribution in [2.45, 2.75) is 45.1 Å². The standard InChI is InChI=1S/C26H31ClN2O4/c1-26(2,3)33-25(30)29-12-10-16(11-13-29)17-6-8-20-19(14-17)23(27)24(28-20)18-7-9-21(31-4)22(15-18)32-5/h6-9,14-16,28H,10-13H2,1-5H3. The Morgan fingerprint density at radius 2 is 1.73 bits per heavy atom. The molecule has 1 saturated heterocycles. The summed E-state index contributed by atoms with van der Waals surface area (Å²) in [5, 5.41) is 1.68. The average molecular weight is 471 g/mol. The third kappa shape index (κ3) is 4.91. The Labute approximate surface area is 199 Å². The molecule has 0 spiro atoms. The van der Waals surface area contributed by atoms with Crippen LogP contribution in [-0.4, -0.2) is 48.9 Å². The number of halogens is 1. The molecule has 1 N–H and O–H groups in total. The summed E-state index contributed by atoms with van der Waals surface area (Å²) >= 11 is 6.83. The maximum atomic E-state index is 12.4. The van der Waals surface area contributed by atoms with Crippen LogP contribution in [0.3, 0.4) is 0 Å². The number of benzene rings is 2. The van der Waals surface area contributed by atoms with Gasteiger partial charge in [0, 0.05) is 29.6 Å². The van der Waals surface area contributed by atoms with E-state index in [2.05, 4.69) is 23.2 Å². The van der Waals surface area contributed by atoms with Crippen molar-refractivity contribution in [1.29, 1.82) is 0 Å². The fourth-order valence-electron chi connectivity index (χ4n) is 4.34. The van der Waals surface area contributed by atoms with E-state index >= 15 is 0 Å². The van der Waals surface area contributed by atoms with Crippen molar-refractivity contribution < 1.29 is 19.0 Å². The quantitative estimate of drug-likeness (QED) is 0.465. The van der Waals surface area contributed by atoms with Gasteiger partial charge in [-0.2, -0.15) is 0 Å². The summed E-state index contributed by atoms with van der Waals surface area (Å²) in [4.78, 5) is 17.6. The number of ether oxygens (including phenoxy) is 3. The lowest BCUT2D eigenvalue weighted by Crippen LogP contribution is -2.41. The number of hydrogen-bond acceptors (Lipinski definition) is 4. The maximum Gasteiger partial charge on any atom is 0.410 e. The van der Waals surface area contributed by atoms with Crippen molar-refractivity contribution >= 4 is 28.6 Å². The molecule has 0 saturated carbocycles. The highest BCUT2D eigenvalue weighted by molar-refractivity contribution is 6.38. The van der Waals surface area contributed by atoms with Crippen molar-refractivity contribution in [3.05, 3.63) is 47.0 Å². The van der Waals surface area contributed by atoms with Crippen molar-refractivity contribution in [3.63, 3.8) is 0 Å². The Balaban J connectivity index is 1.54. The molecule has 0 bridgehead atoms. The van der Waals surface area contributed by atoms with E-state index in [0.717, 1.165) is 35.0 Å². The molecule has 1 aliphatic rings. The van der Waals surface area contributed by atoms with Crippen LogP contribution in [-0.2, 0) is 4.74 Å². The molecule has 3 aromatic rings. The minimum absolute atomic E-state index is 0.232. The first-order valence-corrected chi connectivity index (χ1v) is 11.6. The lowest BCUT2D eigenvalue weighted by Gasteiger charge is -2.33. The van der Waals surface area contributed by atoms with Crippen LogP contribution in [0.1, 0.15) is 45.1 Å². The third-order valence-electron chi connectivity index (χ3n) is 6.05. The molecule has 7 heteroatoms. The molecule has 2 aromatic carbocycles. The number of carbonyl (C=O) groups is 1. The monoisotopic (exact) mass is 470 g/mol. The number of piperidine rings is 1. The molecule has 33 heavy (non-hydrogen) atoms. The van der Waals surface area contributed by atoms with Crippen LogP contribution in [0.5, 0.6) is 11.5 Å². The smallest absolute Gasteiger partial charge is 0.410 e. The third-order valence-corrected chi connectivity index (χ3v) is 6.44. The van der Waals surface area contributed by atoms with Gasteiger partial charge in [-0.1, -0.05) is 17.7 Å². The highest BCUT2D eigenvalue weighted by Crippen LogP contribution is 2.40. The van der Waals surface area contributed by atoms with Gasteiger partial charge in [-0.3, -0.25) is 0 Å². The Morgan fingerprint density at radius 1 is 1.03 bits per heavy atom. The summed E-state index contributed by atoms with van der Waals surface area (Å²) in [6.07, 6.45) is 1.56. The molecule has 1 fully saturated rings. The predicted molar refractivity (Wildman–Crippen MR) is 132 cm³/mol. The van der Waals surface area contributed by atoms with Crippen molar-refractivity contribution in [3.8, 4) is 22.8 Å². The van der Waals surface area contributed by atoms with Gasteiger partial charge < -0.3 is 24.1 Å². The first-order chi connectivity index (χ1) is 15.7. The summed E-state index contributed by atoms with van der Waals surface area (Å²) < 4.78 is 16.3. The zero-order chi connectivity index (χ0) is 23.8. The van der Waals surface area contributed by atoms with Gasteiger partial charge in [-0.05, 0) is 75.4 Å². The number of nitrogens with one attached hydrogen (secondary N) is 1. The number of aromatic amines is 1. The first kappa shape index (κ1) is 23.3. The first-order valence-electron chi connectivity index (χ1n) is 11.2. The zero-order valence-electron chi connectivity index (χ0n) is 19.8. The molecular weight excluding hydrogens is 440 g/mol. The fourth-order valence-corrected chi connectivity index (χ4v) is 4.66. The van der Waals surface area contributed by atoms with Crippen LogP contribution >= 0.6 is 11.6 Å². The number of fused-ring (bicyclic) bond motifs is 1. The molecule has 0 aliphatic carbocycles. The number of rotatable bonds is 4. The van der Waals surface area contributed by atoms with E-state index in [1.165, 1.54) is 5.56 Å². The van der Waals surface area contributed by atoms with Crippen LogP contribution in [0.25, 0.3) is 22.2 Å². The van der Waals surface area contributed by atoms with Crippen LogP contribution in [0, 0.1) is 0 Å². The number of likely N-dealkylation sites (tertiary alicyclic amines) is 1. The van der Waals surface area contributed by atoms with E-state index in [9.17, 15) is 4.79 Å². The molecule has 6 nitrogen and oxygen atoms in total. The van der Waals surface area contributed by atoms with Crippen molar-refractivity contribution in [1.82, 2.24) is 9.88 Å². The maximum absolute atomic E-state index is 12.4. The Kier molecular flexibility index (Phi) is 6.48. The molecular formula is C26H31ClN2O4. The van der Waals surface area contributed by atoms with Gasteiger partial charge in [0.1, 0.15) is 5.60 Å². The number of aromatic nitrogens is 1. The molecule has 2 heterocycles. The van der Waals surface area contributed by atoms with Crippen molar-refractivity contribution in [2.24, 2.45) is 0 Å². The average Bonchev–Trinajstić information content (AvgIpc) is 3.13. The molecule has 176 valence electrons. The highest BCUT2D eigenvalue weighted by Gasteiger charge is 2.28. The van der Waals surface area contributed by atoms with E-state index in [1.54, 1.807) is 19.1 Å². The van der Waals surface area contributed by atoms with Gasteiger partial charge in [-0.15, -0.1) is 0 Å². The van der Waals surface area contributed by atoms with Gasteiger partial charge in [0.25, 0.3) is 0 Å². The van der Waals surface area contributed by atoms with Crippen LogP contribution < -0.4 is 9.47 Å². The van der Waals surface area contributed by atoms with E-state index in [4.69, 9.17) is 25.8 Å². The topological polar surface area (TPSA) is 63.8 Å². The van der Waals surface area contributed by atoms with Gasteiger partial charge in [0.15, 0.2) is 11.5 Å². The minimum atomic E-state index is -0.477. The van der Waals surface area contributed by atoms with Gasteiger partial charge >= 0.3 is 6.09 Å². The number of nitrogens with zero attached hydrogens (tertiary/aromatic N) is 1. The number of methoxy groups -OCH3 is 2. The lowest BCUT2D eigenvalue weighted by atomic mass is 9.89. The number of amides is 1. The predicted octanol–water partition coefficient (Wildman–Crippen LogP) is 6.62. The Bertz CT molecular complexity index is 1160. The van der Waals surface area contributed by atoms with E-state index in [-0.39, 0.29) is 6.09 Å². The second-order valence-corrected chi connectivity index (χ2v) is 9.81. The lowest BCUT2D eigenvalue weighted by molar-refractivity contribution is 0.0205. The van der Waals surface area contributed by atoms with Crippen LogP contribution in [0.15, 0.2) is 36.4 Å². The molecule has 0 unspecified atom stereocenters. The molecule has 0 radical (unpaired) electrons. The molecule has 1 aliphatic heterocycles. The molecule has 1 aromatic heterocycles. The van der Waals surface area contributed by atoms with Gasteiger partial charge in [0.2, 0.25) is 0 Å². The zero-order valence-corrected chi connectivity index (χ0v) is 20.6. The minimum Gasteiger partial charge on any atom is -0.493 e. The second-order valence-electron chi connectivity index (χ2n) is 9.43. The fraction of sp³-hybridized carbons (Fsp3) is 0.423. The van der Waals surface area contributed by atoms with E-state index in [0.29, 0.717) is 35.5 Å². The van der Waals surface area contributed by atoms with Crippen LogP contribution in [0.4, 0.5) is 4.79 Å². The highest BCUT2D eigenvalue weighted by atomic mass is 35.5. The van der Waals surface area contributed by atoms with Crippen molar-refractivity contribution in [2.75, 3.05) is 27.3 Å². The van der Waals surface area contributed by atoms with E-state index in [1.807, 2.05) is 39.0 Å². The molecule has 0 atom stereocenters. The number of hydrogen-bond donors (Lipinski definition) is 1. The van der Waals surface area contributed by atoms with Crippen LogP contribution in [0.2, 0.25) is 5.02 Å². The number of carbonyl (C=O) groups excluding carboxylic acids is 1. The summed E-state index contributed by atoms with van der Waals surface area (Å²) in [5.74, 6) is 1.71. The van der Waals surface area contributed by atoms with Gasteiger partial charge in [0.05, 0.1) is 24.9 Å². The molecule has 1 amide bonds. The summed E-state index contributed by atoms with van der Waals surface area (Å²) in [6, 6.07) is 12.2. The Hall–Kier alpha value is -2.86. The number of H-pyrrole nitrogens is 1. The summed E-state index contributed by atoms with van der Waals surface area (Å²) in [6.45, 7) is 7.06. The normalized spacial score (nSPS) is 15.0. The summed E-state index contributed by atoms with van der Waals surface area (Å²) in [7, 11) is 3.24. The van der Waals surface area contributed by atoms with Gasteiger partial charge in [-0.25, -0.2) is 4.79 Å². The van der Waals surface area contributed by atoms with E-state index < -0.39 is 5.60 Å². The Morgan fingerprint density at radius 3 is 2.36 bits per heavy atom. The largest absolute Gasteiger partial charge is 0.493 e.